The van der Waals surface area contributed by atoms with Crippen molar-refractivity contribution < 1.29 is 9.50 Å². The average Bonchev–Trinajstić information content (AvgIpc) is 2.37. The van der Waals surface area contributed by atoms with Crippen molar-refractivity contribution in [3.05, 3.63) is 29.6 Å². The standard InChI is InChI=1S/C14H17FN2O/c1-17(13-4-2-3-5-14(13)18)12-7-10(9-16)6-11(15)8-12/h6-8,13-14,18H,2-5H2,1H3. The molecule has 0 spiro atoms. The summed E-state index contributed by atoms with van der Waals surface area (Å²) in [6, 6.07) is 6.23. The van der Waals surface area contributed by atoms with Gasteiger partial charge in [-0.1, -0.05) is 12.8 Å². The number of hydrogen-bond donors (Lipinski definition) is 1. The first-order valence-electron chi connectivity index (χ1n) is 6.23. The van der Waals surface area contributed by atoms with E-state index in [1.807, 2.05) is 18.0 Å². The van der Waals surface area contributed by atoms with Crippen molar-refractivity contribution in [2.24, 2.45) is 0 Å². The quantitative estimate of drug-likeness (QED) is 0.874. The van der Waals surface area contributed by atoms with Crippen LogP contribution in [0.25, 0.3) is 0 Å². The minimum absolute atomic E-state index is 0.00657. The average molecular weight is 248 g/mol. The number of likely N-dealkylation sites (N-methyl/N-ethyl adjacent to an activating group) is 1. The Morgan fingerprint density at radius 2 is 2.06 bits per heavy atom. The van der Waals surface area contributed by atoms with Crippen LogP contribution in [0.4, 0.5) is 10.1 Å². The van der Waals surface area contributed by atoms with E-state index in [0.717, 1.165) is 25.7 Å². The number of aliphatic hydroxyl groups excluding tert-OH is 1. The van der Waals surface area contributed by atoms with Crippen LogP contribution in [0.5, 0.6) is 0 Å². The molecule has 2 unspecified atom stereocenters. The second-order valence-corrected chi connectivity index (χ2v) is 4.84. The molecule has 0 heterocycles. The van der Waals surface area contributed by atoms with Gasteiger partial charge in [0, 0.05) is 12.7 Å². The highest BCUT2D eigenvalue weighted by atomic mass is 19.1. The van der Waals surface area contributed by atoms with Crippen molar-refractivity contribution in [3.63, 3.8) is 0 Å². The Labute approximate surface area is 106 Å². The van der Waals surface area contributed by atoms with Gasteiger partial charge < -0.3 is 10.0 Å². The highest BCUT2D eigenvalue weighted by Gasteiger charge is 2.27. The largest absolute Gasteiger partial charge is 0.391 e. The summed E-state index contributed by atoms with van der Waals surface area (Å²) in [5, 5.41) is 18.8. The highest BCUT2D eigenvalue weighted by molar-refractivity contribution is 5.52. The predicted octanol–water partition coefficient (Wildman–Crippen LogP) is 2.44. The number of hydrogen-bond acceptors (Lipinski definition) is 3. The minimum Gasteiger partial charge on any atom is -0.391 e. The molecular formula is C14H17FN2O. The number of benzene rings is 1. The molecule has 0 amide bonds. The molecule has 18 heavy (non-hydrogen) atoms. The summed E-state index contributed by atoms with van der Waals surface area (Å²) < 4.78 is 13.4. The molecule has 1 aromatic rings. The van der Waals surface area contributed by atoms with Crippen molar-refractivity contribution in [2.75, 3.05) is 11.9 Å². The van der Waals surface area contributed by atoms with E-state index in [4.69, 9.17) is 5.26 Å². The molecule has 0 aromatic heterocycles. The van der Waals surface area contributed by atoms with Gasteiger partial charge in [-0.2, -0.15) is 5.26 Å². The zero-order chi connectivity index (χ0) is 13.1. The third kappa shape index (κ3) is 2.62. The zero-order valence-corrected chi connectivity index (χ0v) is 10.4. The van der Waals surface area contributed by atoms with E-state index in [0.29, 0.717) is 11.3 Å². The number of nitriles is 1. The van der Waals surface area contributed by atoms with Crippen molar-refractivity contribution in [1.82, 2.24) is 0 Å². The van der Waals surface area contributed by atoms with E-state index in [1.54, 1.807) is 6.07 Å². The lowest BCUT2D eigenvalue weighted by Crippen LogP contribution is -2.43. The van der Waals surface area contributed by atoms with Gasteiger partial charge in [0.05, 0.1) is 23.8 Å². The molecule has 1 aliphatic rings. The molecule has 0 radical (unpaired) electrons. The number of halogens is 1. The van der Waals surface area contributed by atoms with Crippen molar-refractivity contribution in [3.8, 4) is 6.07 Å². The van der Waals surface area contributed by atoms with Crippen LogP contribution < -0.4 is 4.90 Å². The molecule has 0 saturated heterocycles. The van der Waals surface area contributed by atoms with Gasteiger partial charge in [-0.15, -0.1) is 0 Å². The number of aliphatic hydroxyl groups is 1. The number of nitrogens with zero attached hydrogens (tertiary/aromatic N) is 2. The first-order chi connectivity index (χ1) is 8.61. The summed E-state index contributed by atoms with van der Waals surface area (Å²) in [6.07, 6.45) is 3.42. The summed E-state index contributed by atoms with van der Waals surface area (Å²) in [7, 11) is 1.84. The monoisotopic (exact) mass is 248 g/mol. The van der Waals surface area contributed by atoms with Crippen molar-refractivity contribution >= 4 is 5.69 Å². The minimum atomic E-state index is -0.416. The van der Waals surface area contributed by atoms with E-state index >= 15 is 0 Å². The molecule has 2 rings (SSSR count). The normalized spacial score (nSPS) is 23.4. The molecule has 1 aliphatic carbocycles. The summed E-state index contributed by atoms with van der Waals surface area (Å²) in [5.74, 6) is -0.416. The van der Waals surface area contributed by atoms with Crippen LogP contribution in [0.1, 0.15) is 31.2 Å². The van der Waals surface area contributed by atoms with Crippen molar-refractivity contribution in [1.29, 1.82) is 5.26 Å². The molecule has 2 atom stereocenters. The molecule has 1 fully saturated rings. The molecule has 0 bridgehead atoms. The SMILES string of the molecule is CN(c1cc(F)cc(C#N)c1)C1CCCCC1O. The fourth-order valence-electron chi connectivity index (χ4n) is 2.58. The van der Waals surface area contributed by atoms with Gasteiger partial charge in [-0.3, -0.25) is 0 Å². The fraction of sp³-hybridized carbons (Fsp3) is 0.500. The van der Waals surface area contributed by atoms with Crippen LogP contribution in [0.3, 0.4) is 0 Å². The molecule has 1 aromatic carbocycles. The van der Waals surface area contributed by atoms with E-state index in [-0.39, 0.29) is 12.1 Å². The molecule has 1 saturated carbocycles. The van der Waals surface area contributed by atoms with Crippen molar-refractivity contribution in [2.45, 2.75) is 37.8 Å². The molecule has 0 aliphatic heterocycles. The maximum absolute atomic E-state index is 13.4. The van der Waals surface area contributed by atoms with E-state index in [2.05, 4.69) is 0 Å². The Morgan fingerprint density at radius 1 is 1.33 bits per heavy atom. The second kappa shape index (κ2) is 5.36. The first-order valence-corrected chi connectivity index (χ1v) is 6.23. The Hall–Kier alpha value is -1.60. The molecular weight excluding hydrogens is 231 g/mol. The predicted molar refractivity (Wildman–Crippen MR) is 67.8 cm³/mol. The maximum Gasteiger partial charge on any atom is 0.126 e. The Morgan fingerprint density at radius 3 is 2.72 bits per heavy atom. The van der Waals surface area contributed by atoms with E-state index in [9.17, 15) is 9.50 Å². The fourth-order valence-corrected chi connectivity index (χ4v) is 2.58. The summed E-state index contributed by atoms with van der Waals surface area (Å²) in [6.45, 7) is 0. The smallest absolute Gasteiger partial charge is 0.126 e. The Kier molecular flexibility index (Phi) is 3.83. The summed E-state index contributed by atoms with van der Waals surface area (Å²) in [4.78, 5) is 1.88. The third-order valence-corrected chi connectivity index (χ3v) is 3.61. The van der Waals surface area contributed by atoms with Gasteiger partial charge in [0.15, 0.2) is 0 Å². The van der Waals surface area contributed by atoms with Crippen LogP contribution in [0.2, 0.25) is 0 Å². The third-order valence-electron chi connectivity index (χ3n) is 3.61. The molecule has 4 heteroatoms. The van der Waals surface area contributed by atoms with Gasteiger partial charge in [0.2, 0.25) is 0 Å². The van der Waals surface area contributed by atoms with Gasteiger partial charge in [0.25, 0.3) is 0 Å². The zero-order valence-electron chi connectivity index (χ0n) is 10.4. The van der Waals surface area contributed by atoms with E-state index in [1.165, 1.54) is 12.1 Å². The summed E-state index contributed by atoms with van der Waals surface area (Å²) >= 11 is 0. The van der Waals surface area contributed by atoms with Gasteiger partial charge in [-0.25, -0.2) is 4.39 Å². The van der Waals surface area contributed by atoms with Crippen LogP contribution in [-0.2, 0) is 0 Å². The Balaban J connectivity index is 2.25. The lowest BCUT2D eigenvalue weighted by Gasteiger charge is -2.36. The summed E-state index contributed by atoms with van der Waals surface area (Å²) in [5.41, 5.74) is 0.958. The second-order valence-electron chi connectivity index (χ2n) is 4.84. The topological polar surface area (TPSA) is 47.3 Å². The van der Waals surface area contributed by atoms with Gasteiger partial charge in [-0.05, 0) is 31.0 Å². The van der Waals surface area contributed by atoms with Crippen LogP contribution in [-0.4, -0.2) is 24.3 Å². The van der Waals surface area contributed by atoms with E-state index < -0.39 is 5.82 Å². The maximum atomic E-state index is 13.4. The Bertz CT molecular complexity index is 469. The van der Waals surface area contributed by atoms with Crippen LogP contribution >= 0.6 is 0 Å². The number of rotatable bonds is 2. The lowest BCUT2D eigenvalue weighted by molar-refractivity contribution is 0.106. The molecule has 96 valence electrons. The molecule has 1 N–H and O–H groups in total. The lowest BCUT2D eigenvalue weighted by atomic mass is 9.91. The molecule has 3 nitrogen and oxygen atoms in total. The number of anilines is 1. The first kappa shape index (κ1) is 12.8. The van der Waals surface area contributed by atoms with Gasteiger partial charge >= 0.3 is 0 Å². The van der Waals surface area contributed by atoms with Crippen LogP contribution in [0, 0.1) is 17.1 Å². The van der Waals surface area contributed by atoms with Crippen LogP contribution in [0.15, 0.2) is 18.2 Å². The highest BCUT2D eigenvalue weighted by Crippen LogP contribution is 2.27. The van der Waals surface area contributed by atoms with Gasteiger partial charge in [0.1, 0.15) is 5.82 Å².